The van der Waals surface area contributed by atoms with E-state index in [1.165, 1.54) is 18.5 Å². The van der Waals surface area contributed by atoms with Gasteiger partial charge in [0.2, 0.25) is 0 Å². The van der Waals surface area contributed by atoms with Gasteiger partial charge < -0.3 is 10.1 Å². The monoisotopic (exact) mass is 304 g/mol. The molecule has 3 nitrogen and oxygen atoms in total. The van der Waals surface area contributed by atoms with Gasteiger partial charge in [0.25, 0.3) is 0 Å². The molecule has 1 aromatic carbocycles. The molecule has 0 aromatic heterocycles. The van der Waals surface area contributed by atoms with Crippen LogP contribution in [0, 0.1) is 0 Å². The van der Waals surface area contributed by atoms with Crippen molar-refractivity contribution in [2.24, 2.45) is 0 Å². The van der Waals surface area contributed by atoms with Crippen molar-refractivity contribution in [2.45, 2.75) is 45.1 Å². The molecule has 1 atom stereocenters. The van der Waals surface area contributed by atoms with Crippen molar-refractivity contribution in [3.05, 3.63) is 35.9 Å². The summed E-state index contributed by atoms with van der Waals surface area (Å²) in [5.41, 5.74) is 1.65. The molecule has 1 heterocycles. The van der Waals surface area contributed by atoms with E-state index in [4.69, 9.17) is 4.74 Å². The molecular formula is C19H32N2O. The van der Waals surface area contributed by atoms with E-state index in [9.17, 15) is 0 Å². The highest BCUT2D eigenvalue weighted by Gasteiger charge is 2.22. The average Bonchev–Trinajstić information content (AvgIpc) is 2.53. The van der Waals surface area contributed by atoms with Crippen molar-refractivity contribution < 1.29 is 4.74 Å². The van der Waals surface area contributed by atoms with Crippen LogP contribution >= 0.6 is 0 Å². The van der Waals surface area contributed by atoms with Gasteiger partial charge in [0.15, 0.2) is 0 Å². The van der Waals surface area contributed by atoms with Gasteiger partial charge in [-0.25, -0.2) is 0 Å². The first-order chi connectivity index (χ1) is 10.6. The summed E-state index contributed by atoms with van der Waals surface area (Å²) in [4.78, 5) is 2.50. The Labute approximate surface area is 136 Å². The van der Waals surface area contributed by atoms with E-state index in [2.05, 4.69) is 61.3 Å². The Morgan fingerprint density at radius 3 is 2.55 bits per heavy atom. The van der Waals surface area contributed by atoms with E-state index < -0.39 is 0 Å². The lowest BCUT2D eigenvalue weighted by atomic mass is 9.79. The fourth-order valence-corrected chi connectivity index (χ4v) is 3.32. The smallest absolute Gasteiger partial charge is 0.0594 e. The molecular weight excluding hydrogens is 272 g/mol. The fourth-order valence-electron chi connectivity index (χ4n) is 3.32. The van der Waals surface area contributed by atoms with E-state index in [1.807, 2.05) is 0 Å². The van der Waals surface area contributed by atoms with Crippen molar-refractivity contribution >= 4 is 0 Å². The van der Waals surface area contributed by atoms with Crippen LogP contribution in [0.2, 0.25) is 0 Å². The third-order valence-electron chi connectivity index (χ3n) is 4.62. The summed E-state index contributed by atoms with van der Waals surface area (Å²) in [7, 11) is 0. The molecule has 22 heavy (non-hydrogen) atoms. The van der Waals surface area contributed by atoms with Crippen LogP contribution < -0.4 is 5.32 Å². The topological polar surface area (TPSA) is 24.5 Å². The zero-order valence-electron chi connectivity index (χ0n) is 14.5. The highest BCUT2D eigenvalue weighted by Crippen LogP contribution is 2.28. The van der Waals surface area contributed by atoms with Crippen LogP contribution in [0.3, 0.4) is 0 Å². The van der Waals surface area contributed by atoms with Crippen LogP contribution in [0.5, 0.6) is 0 Å². The minimum atomic E-state index is 0.220. The van der Waals surface area contributed by atoms with Crippen molar-refractivity contribution in [1.82, 2.24) is 10.2 Å². The van der Waals surface area contributed by atoms with Crippen LogP contribution in [-0.4, -0.2) is 50.3 Å². The minimum absolute atomic E-state index is 0.220. The summed E-state index contributed by atoms with van der Waals surface area (Å²) in [6, 6.07) is 11.4. The molecule has 1 unspecified atom stereocenters. The third kappa shape index (κ3) is 5.71. The Bertz CT molecular complexity index is 413. The van der Waals surface area contributed by atoms with Crippen molar-refractivity contribution in [2.75, 3.05) is 39.4 Å². The van der Waals surface area contributed by atoms with E-state index in [-0.39, 0.29) is 5.41 Å². The van der Waals surface area contributed by atoms with Gasteiger partial charge in [0.1, 0.15) is 0 Å². The lowest BCUT2D eigenvalue weighted by Crippen LogP contribution is -2.39. The van der Waals surface area contributed by atoms with E-state index in [0.29, 0.717) is 6.04 Å². The third-order valence-corrected chi connectivity index (χ3v) is 4.62. The Hall–Kier alpha value is -0.900. The summed E-state index contributed by atoms with van der Waals surface area (Å²) in [6.07, 6.45) is 2.38. The first kappa shape index (κ1) is 17.5. The minimum Gasteiger partial charge on any atom is -0.379 e. The molecule has 1 fully saturated rings. The lowest BCUT2D eigenvalue weighted by molar-refractivity contribution is 0.0373. The summed E-state index contributed by atoms with van der Waals surface area (Å²) in [5, 5.41) is 3.69. The number of hydrogen-bond acceptors (Lipinski definition) is 3. The molecule has 0 aliphatic carbocycles. The summed E-state index contributed by atoms with van der Waals surface area (Å²) < 4.78 is 5.38. The van der Waals surface area contributed by atoms with Gasteiger partial charge in [-0.3, -0.25) is 4.90 Å². The largest absolute Gasteiger partial charge is 0.379 e. The molecule has 1 aromatic rings. The molecule has 0 spiro atoms. The maximum Gasteiger partial charge on any atom is 0.0594 e. The van der Waals surface area contributed by atoms with Gasteiger partial charge in [-0.1, -0.05) is 44.2 Å². The Morgan fingerprint density at radius 2 is 1.86 bits per heavy atom. The second kappa shape index (κ2) is 8.66. The number of nitrogens with one attached hydrogen (secondary N) is 1. The molecule has 1 N–H and O–H groups in total. The molecule has 0 radical (unpaired) electrons. The number of ether oxygens (including phenoxy) is 1. The van der Waals surface area contributed by atoms with Crippen molar-refractivity contribution in [3.8, 4) is 0 Å². The Morgan fingerprint density at radius 1 is 1.18 bits per heavy atom. The molecule has 0 saturated carbocycles. The number of rotatable bonds is 8. The molecule has 124 valence electrons. The summed E-state index contributed by atoms with van der Waals surface area (Å²) in [5.74, 6) is 0. The van der Waals surface area contributed by atoms with Gasteiger partial charge in [-0.2, -0.15) is 0 Å². The second-order valence-electron chi connectivity index (χ2n) is 7.12. The molecule has 3 heteroatoms. The van der Waals surface area contributed by atoms with E-state index in [1.54, 1.807) is 0 Å². The van der Waals surface area contributed by atoms with Gasteiger partial charge in [0, 0.05) is 19.1 Å². The molecule has 1 aliphatic heterocycles. The molecule has 1 saturated heterocycles. The van der Waals surface area contributed by atoms with Gasteiger partial charge >= 0.3 is 0 Å². The van der Waals surface area contributed by atoms with Gasteiger partial charge in [0.05, 0.1) is 13.2 Å². The predicted octanol–water partition coefficient (Wildman–Crippen LogP) is 3.05. The maximum atomic E-state index is 5.38. The average molecular weight is 304 g/mol. The van der Waals surface area contributed by atoms with Crippen LogP contribution in [-0.2, 0) is 10.2 Å². The number of benzene rings is 1. The number of nitrogens with zero attached hydrogens (tertiary/aromatic N) is 1. The van der Waals surface area contributed by atoms with E-state index >= 15 is 0 Å². The standard InChI is InChI=1S/C19H32N2O/c1-17(16-19(2,3)18-8-5-4-6-9-18)20-10-7-11-21-12-14-22-15-13-21/h4-6,8-9,17,20H,7,10-16H2,1-3H3. The van der Waals surface area contributed by atoms with Crippen LogP contribution in [0.4, 0.5) is 0 Å². The molecule has 2 rings (SSSR count). The normalized spacial score (nSPS) is 18.3. The molecule has 0 bridgehead atoms. The van der Waals surface area contributed by atoms with E-state index in [0.717, 1.165) is 39.3 Å². The Kier molecular flexibility index (Phi) is 6.87. The number of hydrogen-bond donors (Lipinski definition) is 1. The number of morpholine rings is 1. The quantitative estimate of drug-likeness (QED) is 0.747. The molecule has 1 aliphatic rings. The second-order valence-corrected chi connectivity index (χ2v) is 7.12. The fraction of sp³-hybridized carbons (Fsp3) is 0.684. The van der Waals surface area contributed by atoms with Gasteiger partial charge in [-0.05, 0) is 43.8 Å². The first-order valence-electron chi connectivity index (χ1n) is 8.67. The van der Waals surface area contributed by atoms with Crippen LogP contribution in [0.25, 0.3) is 0 Å². The van der Waals surface area contributed by atoms with Crippen LogP contribution in [0.1, 0.15) is 39.2 Å². The van der Waals surface area contributed by atoms with Crippen molar-refractivity contribution in [1.29, 1.82) is 0 Å². The Balaban J connectivity index is 1.65. The predicted molar refractivity (Wildman–Crippen MR) is 93.4 cm³/mol. The van der Waals surface area contributed by atoms with Crippen molar-refractivity contribution in [3.63, 3.8) is 0 Å². The molecule has 0 amide bonds. The zero-order chi connectivity index (χ0) is 15.8. The van der Waals surface area contributed by atoms with Crippen LogP contribution in [0.15, 0.2) is 30.3 Å². The zero-order valence-corrected chi connectivity index (χ0v) is 14.5. The summed E-state index contributed by atoms with van der Waals surface area (Å²) in [6.45, 7) is 13.3. The summed E-state index contributed by atoms with van der Waals surface area (Å²) >= 11 is 0. The lowest BCUT2D eigenvalue weighted by Gasteiger charge is -2.30. The SMILES string of the molecule is CC(CC(C)(C)c1ccccc1)NCCCN1CCOCC1. The first-order valence-corrected chi connectivity index (χ1v) is 8.67. The highest BCUT2D eigenvalue weighted by molar-refractivity contribution is 5.23. The van der Waals surface area contributed by atoms with Gasteiger partial charge in [-0.15, -0.1) is 0 Å². The highest BCUT2D eigenvalue weighted by atomic mass is 16.5. The maximum absolute atomic E-state index is 5.38.